The Labute approximate surface area is 144 Å². The smallest absolute Gasteiger partial charge is 0.232 e. The normalized spacial score (nSPS) is 16.0. The third kappa shape index (κ3) is 4.95. The number of hydrogen-bond donors (Lipinski definition) is 1. The van der Waals surface area contributed by atoms with Crippen LogP contribution in [0.4, 0.5) is 5.69 Å². The van der Waals surface area contributed by atoms with Crippen molar-refractivity contribution < 1.29 is 17.9 Å². The fourth-order valence-electron chi connectivity index (χ4n) is 2.84. The Bertz CT molecular complexity index is 682. The molecule has 0 radical (unpaired) electrons. The molecule has 0 aliphatic carbocycles. The van der Waals surface area contributed by atoms with Gasteiger partial charge in [-0.2, -0.15) is 0 Å². The molecule has 0 bridgehead atoms. The molecule has 0 atom stereocenters. The average molecular weight is 354 g/mol. The van der Waals surface area contributed by atoms with Crippen LogP contribution in [0.2, 0.25) is 0 Å². The number of hydrogen-bond acceptors (Lipinski definition) is 4. The van der Waals surface area contributed by atoms with Gasteiger partial charge < -0.3 is 10.1 Å². The molecule has 0 aromatic heterocycles. The number of amides is 1. The summed E-state index contributed by atoms with van der Waals surface area (Å²) < 4.78 is 31.0. The Morgan fingerprint density at radius 3 is 2.58 bits per heavy atom. The molecule has 1 aliphatic rings. The van der Waals surface area contributed by atoms with Gasteiger partial charge in [-0.3, -0.25) is 9.10 Å². The largest absolute Gasteiger partial charge is 0.381 e. The number of rotatable bonds is 6. The minimum Gasteiger partial charge on any atom is -0.381 e. The number of carbonyl (C=O) groups excluding carboxylic acids is 1. The quantitative estimate of drug-likeness (QED) is 0.842. The highest BCUT2D eigenvalue weighted by Crippen LogP contribution is 2.23. The van der Waals surface area contributed by atoms with Crippen LogP contribution in [-0.2, 0) is 19.6 Å². The summed E-state index contributed by atoms with van der Waals surface area (Å²) in [5.41, 5.74) is 2.55. The van der Waals surface area contributed by atoms with Crippen LogP contribution in [0.3, 0.4) is 0 Å². The van der Waals surface area contributed by atoms with Gasteiger partial charge in [0.25, 0.3) is 0 Å². The molecule has 0 unspecified atom stereocenters. The molecule has 0 saturated carbocycles. The van der Waals surface area contributed by atoms with E-state index in [0.717, 1.165) is 24.0 Å². The fourth-order valence-corrected chi connectivity index (χ4v) is 3.81. The molecule has 1 heterocycles. The molecule has 1 aliphatic heterocycles. The lowest BCUT2D eigenvalue weighted by Crippen LogP contribution is -2.41. The van der Waals surface area contributed by atoms with E-state index in [1.165, 1.54) is 10.6 Å². The summed E-state index contributed by atoms with van der Waals surface area (Å²) in [7, 11) is -3.42. The second-order valence-electron chi connectivity index (χ2n) is 6.30. The number of aryl methyl sites for hydroxylation is 2. The van der Waals surface area contributed by atoms with Crippen LogP contribution in [0.15, 0.2) is 18.2 Å². The van der Waals surface area contributed by atoms with Gasteiger partial charge in [-0.1, -0.05) is 12.1 Å². The number of carbonyl (C=O) groups is 1. The summed E-state index contributed by atoms with van der Waals surface area (Å²) >= 11 is 0. The van der Waals surface area contributed by atoms with Crippen LogP contribution in [-0.4, -0.2) is 46.9 Å². The van der Waals surface area contributed by atoms with E-state index in [-0.39, 0.29) is 24.9 Å². The Balaban J connectivity index is 2.02. The zero-order chi connectivity index (χ0) is 17.7. The van der Waals surface area contributed by atoms with Crippen molar-refractivity contribution in [3.63, 3.8) is 0 Å². The zero-order valence-corrected chi connectivity index (χ0v) is 15.4. The molecular formula is C17H26N2O4S. The van der Waals surface area contributed by atoms with Crippen LogP contribution < -0.4 is 9.62 Å². The van der Waals surface area contributed by atoms with E-state index in [9.17, 15) is 13.2 Å². The molecular weight excluding hydrogens is 328 g/mol. The Morgan fingerprint density at radius 1 is 1.29 bits per heavy atom. The van der Waals surface area contributed by atoms with Crippen molar-refractivity contribution in [1.82, 2.24) is 5.32 Å². The van der Waals surface area contributed by atoms with Crippen LogP contribution >= 0.6 is 0 Å². The van der Waals surface area contributed by atoms with Crippen molar-refractivity contribution in [3.8, 4) is 0 Å². The topological polar surface area (TPSA) is 75.7 Å². The van der Waals surface area contributed by atoms with Crippen LogP contribution in [0.5, 0.6) is 0 Å². The highest BCUT2D eigenvalue weighted by Gasteiger charge is 2.23. The molecule has 134 valence electrons. The number of nitrogens with one attached hydrogen (secondary N) is 1. The van der Waals surface area contributed by atoms with E-state index >= 15 is 0 Å². The van der Waals surface area contributed by atoms with Crippen molar-refractivity contribution in [2.45, 2.75) is 26.7 Å². The van der Waals surface area contributed by atoms with Gasteiger partial charge in [0.15, 0.2) is 0 Å². The number of benzene rings is 1. The minimum atomic E-state index is -3.42. The molecule has 1 N–H and O–H groups in total. The first-order valence-corrected chi connectivity index (χ1v) is 10.0. The molecule has 1 aromatic rings. The lowest BCUT2D eigenvalue weighted by atomic mass is 9.99. The Hall–Kier alpha value is -1.60. The van der Waals surface area contributed by atoms with Gasteiger partial charge >= 0.3 is 0 Å². The number of anilines is 1. The average Bonchev–Trinajstić information content (AvgIpc) is 2.53. The van der Waals surface area contributed by atoms with E-state index < -0.39 is 10.0 Å². The summed E-state index contributed by atoms with van der Waals surface area (Å²) in [6.45, 7) is 5.53. The molecule has 1 saturated heterocycles. The second kappa shape index (κ2) is 7.98. The predicted molar refractivity (Wildman–Crippen MR) is 94.7 cm³/mol. The molecule has 0 spiro atoms. The van der Waals surface area contributed by atoms with Crippen molar-refractivity contribution in [2.24, 2.45) is 5.92 Å². The van der Waals surface area contributed by atoms with Gasteiger partial charge in [-0.05, 0) is 43.9 Å². The minimum absolute atomic E-state index is 0.0206. The van der Waals surface area contributed by atoms with E-state index in [0.29, 0.717) is 18.9 Å². The highest BCUT2D eigenvalue weighted by atomic mass is 32.2. The van der Waals surface area contributed by atoms with Crippen molar-refractivity contribution in [2.75, 3.05) is 36.9 Å². The Morgan fingerprint density at radius 2 is 1.96 bits per heavy atom. The van der Waals surface area contributed by atoms with Crippen LogP contribution in [0.25, 0.3) is 0 Å². The predicted octanol–water partition coefficient (Wildman–Crippen LogP) is 1.61. The van der Waals surface area contributed by atoms with Gasteiger partial charge in [0, 0.05) is 25.7 Å². The van der Waals surface area contributed by atoms with Crippen LogP contribution in [0.1, 0.15) is 24.0 Å². The number of ether oxygens (including phenoxy) is 1. The second-order valence-corrected chi connectivity index (χ2v) is 8.21. The molecule has 7 heteroatoms. The lowest BCUT2D eigenvalue weighted by Gasteiger charge is -2.26. The van der Waals surface area contributed by atoms with Crippen LogP contribution in [0, 0.1) is 19.8 Å². The Kier molecular flexibility index (Phi) is 6.23. The third-order valence-corrected chi connectivity index (χ3v) is 5.42. The van der Waals surface area contributed by atoms with E-state index in [2.05, 4.69) is 5.32 Å². The van der Waals surface area contributed by atoms with Gasteiger partial charge in [0.05, 0.1) is 18.5 Å². The molecule has 24 heavy (non-hydrogen) atoms. The van der Waals surface area contributed by atoms with Crippen molar-refractivity contribution in [1.29, 1.82) is 0 Å². The lowest BCUT2D eigenvalue weighted by molar-refractivity contribution is -0.127. The maximum Gasteiger partial charge on any atom is 0.232 e. The number of nitrogens with zero attached hydrogens (tertiary/aromatic N) is 1. The fraction of sp³-hybridized carbons (Fsp3) is 0.588. The van der Waals surface area contributed by atoms with Gasteiger partial charge in [-0.15, -0.1) is 0 Å². The third-order valence-electron chi connectivity index (χ3n) is 4.24. The summed E-state index contributed by atoms with van der Waals surface area (Å²) in [6, 6.07) is 5.71. The first kappa shape index (κ1) is 18.7. The summed E-state index contributed by atoms with van der Waals surface area (Å²) in [5.74, 6) is -0.0566. The first-order chi connectivity index (χ1) is 11.3. The zero-order valence-electron chi connectivity index (χ0n) is 14.5. The maximum atomic E-state index is 12.2. The molecule has 1 fully saturated rings. The van der Waals surface area contributed by atoms with Crippen molar-refractivity contribution >= 4 is 21.6 Å². The summed E-state index contributed by atoms with van der Waals surface area (Å²) in [5, 5.41) is 2.86. The van der Waals surface area contributed by atoms with E-state index in [1.54, 1.807) is 0 Å². The molecule has 6 nitrogen and oxygen atoms in total. The SMILES string of the molecule is Cc1ccc(C)c(N(CCNC(=O)C2CCOCC2)S(C)(=O)=O)c1. The monoisotopic (exact) mass is 354 g/mol. The summed E-state index contributed by atoms with van der Waals surface area (Å²) in [6.07, 6.45) is 2.63. The van der Waals surface area contributed by atoms with E-state index in [4.69, 9.17) is 4.74 Å². The molecule has 1 amide bonds. The number of sulfonamides is 1. The van der Waals surface area contributed by atoms with Gasteiger partial charge in [-0.25, -0.2) is 8.42 Å². The van der Waals surface area contributed by atoms with Gasteiger partial charge in [0.1, 0.15) is 0 Å². The molecule has 1 aromatic carbocycles. The van der Waals surface area contributed by atoms with Gasteiger partial charge in [0.2, 0.25) is 15.9 Å². The van der Waals surface area contributed by atoms with Crippen molar-refractivity contribution in [3.05, 3.63) is 29.3 Å². The summed E-state index contributed by atoms with van der Waals surface area (Å²) in [4.78, 5) is 12.2. The molecule has 2 rings (SSSR count). The highest BCUT2D eigenvalue weighted by molar-refractivity contribution is 7.92. The first-order valence-electron chi connectivity index (χ1n) is 8.19. The van der Waals surface area contributed by atoms with E-state index in [1.807, 2.05) is 32.0 Å². The standard InChI is InChI=1S/C17H26N2O4S/c1-13-4-5-14(2)16(12-13)19(24(3,21)22)9-8-18-17(20)15-6-10-23-11-7-15/h4-5,12,15H,6-11H2,1-3H3,(H,18,20). The maximum absolute atomic E-state index is 12.2.